The van der Waals surface area contributed by atoms with Crippen molar-refractivity contribution in [3.8, 4) is 0 Å². The number of nitrogens with one attached hydrogen (secondary N) is 1. The number of halogens is 1. The second-order valence-electron chi connectivity index (χ2n) is 5.51. The van der Waals surface area contributed by atoms with E-state index in [2.05, 4.69) is 22.4 Å². The van der Waals surface area contributed by atoms with E-state index in [1.54, 1.807) is 12.3 Å². The predicted molar refractivity (Wildman–Crippen MR) is 91.8 cm³/mol. The van der Waals surface area contributed by atoms with Gasteiger partial charge >= 0.3 is 0 Å². The summed E-state index contributed by atoms with van der Waals surface area (Å²) in [5.74, 6) is -0.0644. The summed E-state index contributed by atoms with van der Waals surface area (Å²) in [6.07, 6.45) is 1.63. The van der Waals surface area contributed by atoms with Crippen molar-refractivity contribution in [1.82, 2.24) is 4.98 Å². The Morgan fingerprint density at radius 1 is 1.23 bits per heavy atom. The molecule has 1 aromatic heterocycles. The molecule has 0 saturated carbocycles. The number of nitrogens with zero attached hydrogens (tertiary/aromatic N) is 2. The molecule has 0 fully saturated rings. The van der Waals surface area contributed by atoms with Crippen LogP contribution in [0.4, 0.5) is 11.4 Å². The van der Waals surface area contributed by atoms with E-state index >= 15 is 0 Å². The standard InChI is InChI=1S/C17H20ClN3O/c1-11-7-12(2)17(13(3)8-11)20-16(22)10-21(4)14-5-6-19-15(18)9-14/h5-9H,10H2,1-4H3,(H,20,22). The molecule has 2 aromatic rings. The van der Waals surface area contributed by atoms with Gasteiger partial charge < -0.3 is 10.2 Å². The summed E-state index contributed by atoms with van der Waals surface area (Å²) in [5, 5.41) is 3.40. The van der Waals surface area contributed by atoms with Gasteiger partial charge in [-0.15, -0.1) is 0 Å². The Hall–Kier alpha value is -2.07. The van der Waals surface area contributed by atoms with Crippen LogP contribution in [0.1, 0.15) is 16.7 Å². The first-order chi connectivity index (χ1) is 10.4. The van der Waals surface area contributed by atoms with Gasteiger partial charge in [0.2, 0.25) is 5.91 Å². The number of carbonyl (C=O) groups is 1. The number of benzene rings is 1. The predicted octanol–water partition coefficient (Wildman–Crippen LogP) is 3.74. The number of likely N-dealkylation sites (N-methyl/N-ethyl adjacent to an activating group) is 1. The largest absolute Gasteiger partial charge is 0.365 e. The highest BCUT2D eigenvalue weighted by Gasteiger charge is 2.11. The van der Waals surface area contributed by atoms with Crippen molar-refractivity contribution in [3.63, 3.8) is 0 Å². The van der Waals surface area contributed by atoms with Gasteiger partial charge in [-0.05, 0) is 44.0 Å². The Balaban J connectivity index is 2.07. The number of hydrogen-bond acceptors (Lipinski definition) is 3. The summed E-state index contributed by atoms with van der Waals surface area (Å²) >= 11 is 5.87. The number of carbonyl (C=O) groups excluding carboxylic acids is 1. The fraction of sp³-hybridized carbons (Fsp3) is 0.294. The number of aryl methyl sites for hydroxylation is 3. The third-order valence-corrected chi connectivity index (χ3v) is 3.68. The van der Waals surface area contributed by atoms with Crippen LogP contribution in [0, 0.1) is 20.8 Å². The Morgan fingerprint density at radius 3 is 2.45 bits per heavy atom. The first-order valence-electron chi connectivity index (χ1n) is 7.07. The van der Waals surface area contributed by atoms with E-state index in [-0.39, 0.29) is 12.5 Å². The normalized spacial score (nSPS) is 10.4. The molecular weight excluding hydrogens is 298 g/mol. The summed E-state index contributed by atoms with van der Waals surface area (Å²) in [6.45, 7) is 6.30. The van der Waals surface area contributed by atoms with E-state index in [1.807, 2.05) is 38.8 Å². The maximum absolute atomic E-state index is 12.3. The topological polar surface area (TPSA) is 45.2 Å². The zero-order chi connectivity index (χ0) is 16.3. The zero-order valence-corrected chi connectivity index (χ0v) is 14.0. The number of rotatable bonds is 4. The minimum atomic E-state index is -0.0644. The summed E-state index contributed by atoms with van der Waals surface area (Å²) in [5.41, 5.74) is 5.07. The molecule has 0 aliphatic heterocycles. The van der Waals surface area contributed by atoms with Gasteiger partial charge in [0.05, 0.1) is 6.54 Å². The number of pyridine rings is 1. The molecule has 116 valence electrons. The van der Waals surface area contributed by atoms with Crippen LogP contribution in [0.2, 0.25) is 5.15 Å². The van der Waals surface area contributed by atoms with Crippen LogP contribution in [0.5, 0.6) is 0 Å². The Kier molecular flexibility index (Phi) is 5.03. The zero-order valence-electron chi connectivity index (χ0n) is 13.3. The maximum Gasteiger partial charge on any atom is 0.243 e. The quantitative estimate of drug-likeness (QED) is 0.874. The van der Waals surface area contributed by atoms with Crippen molar-refractivity contribution in [1.29, 1.82) is 0 Å². The van der Waals surface area contributed by atoms with Crippen LogP contribution in [-0.4, -0.2) is 24.5 Å². The molecule has 0 bridgehead atoms. The second-order valence-corrected chi connectivity index (χ2v) is 5.90. The van der Waals surface area contributed by atoms with Crippen LogP contribution >= 0.6 is 11.6 Å². The summed E-state index contributed by atoms with van der Waals surface area (Å²) in [7, 11) is 1.85. The molecule has 0 aliphatic carbocycles. The monoisotopic (exact) mass is 317 g/mol. The minimum absolute atomic E-state index is 0.0644. The van der Waals surface area contributed by atoms with Crippen molar-refractivity contribution in [2.24, 2.45) is 0 Å². The average Bonchev–Trinajstić information content (AvgIpc) is 2.42. The molecule has 0 saturated heterocycles. The molecule has 22 heavy (non-hydrogen) atoms. The molecule has 0 spiro atoms. The molecule has 4 nitrogen and oxygen atoms in total. The highest BCUT2D eigenvalue weighted by Crippen LogP contribution is 2.22. The van der Waals surface area contributed by atoms with Crippen LogP contribution < -0.4 is 10.2 Å². The molecule has 0 radical (unpaired) electrons. The van der Waals surface area contributed by atoms with E-state index in [0.717, 1.165) is 22.5 Å². The van der Waals surface area contributed by atoms with Gasteiger partial charge in [0.15, 0.2) is 0 Å². The number of hydrogen-bond donors (Lipinski definition) is 1. The fourth-order valence-corrected chi connectivity index (χ4v) is 2.66. The first kappa shape index (κ1) is 16.3. The second kappa shape index (κ2) is 6.79. The van der Waals surface area contributed by atoms with Gasteiger partial charge in [0.25, 0.3) is 0 Å². The summed E-state index contributed by atoms with van der Waals surface area (Å²) in [4.78, 5) is 18.0. The number of aromatic nitrogens is 1. The van der Waals surface area contributed by atoms with E-state index in [0.29, 0.717) is 5.15 Å². The van der Waals surface area contributed by atoms with Gasteiger partial charge in [-0.3, -0.25) is 4.79 Å². The van der Waals surface area contributed by atoms with Gasteiger partial charge in [-0.2, -0.15) is 0 Å². The van der Waals surface area contributed by atoms with E-state index in [4.69, 9.17) is 11.6 Å². The Morgan fingerprint density at radius 2 is 1.86 bits per heavy atom. The third-order valence-electron chi connectivity index (χ3n) is 3.47. The lowest BCUT2D eigenvalue weighted by Crippen LogP contribution is -2.30. The van der Waals surface area contributed by atoms with Gasteiger partial charge in [0.1, 0.15) is 5.15 Å². The van der Waals surface area contributed by atoms with Crippen molar-refractivity contribution in [3.05, 3.63) is 52.3 Å². The maximum atomic E-state index is 12.3. The van der Waals surface area contributed by atoms with Gasteiger partial charge in [0, 0.05) is 24.6 Å². The first-order valence-corrected chi connectivity index (χ1v) is 7.45. The lowest BCUT2D eigenvalue weighted by Gasteiger charge is -2.20. The highest BCUT2D eigenvalue weighted by molar-refractivity contribution is 6.29. The smallest absolute Gasteiger partial charge is 0.243 e. The lowest BCUT2D eigenvalue weighted by molar-refractivity contribution is -0.114. The number of anilines is 2. The molecule has 5 heteroatoms. The molecule has 1 heterocycles. The highest BCUT2D eigenvalue weighted by atomic mass is 35.5. The van der Waals surface area contributed by atoms with Crippen molar-refractivity contribution >= 4 is 28.9 Å². The molecular formula is C17H20ClN3O. The summed E-state index contributed by atoms with van der Waals surface area (Å²) < 4.78 is 0. The molecule has 0 unspecified atom stereocenters. The molecule has 2 rings (SSSR count). The van der Waals surface area contributed by atoms with Crippen LogP contribution in [0.3, 0.4) is 0 Å². The van der Waals surface area contributed by atoms with Crippen LogP contribution in [0.25, 0.3) is 0 Å². The Labute approximate surface area is 136 Å². The minimum Gasteiger partial charge on any atom is -0.365 e. The van der Waals surface area contributed by atoms with Crippen molar-refractivity contribution in [2.75, 3.05) is 23.8 Å². The van der Waals surface area contributed by atoms with E-state index < -0.39 is 0 Å². The van der Waals surface area contributed by atoms with Crippen molar-refractivity contribution < 1.29 is 4.79 Å². The van der Waals surface area contributed by atoms with Crippen LogP contribution in [-0.2, 0) is 4.79 Å². The molecule has 0 aliphatic rings. The van der Waals surface area contributed by atoms with Crippen LogP contribution in [0.15, 0.2) is 30.5 Å². The average molecular weight is 318 g/mol. The lowest BCUT2D eigenvalue weighted by atomic mass is 10.1. The van der Waals surface area contributed by atoms with E-state index in [9.17, 15) is 4.79 Å². The SMILES string of the molecule is Cc1cc(C)c(NC(=O)CN(C)c2ccnc(Cl)c2)c(C)c1. The molecule has 1 N–H and O–H groups in total. The van der Waals surface area contributed by atoms with E-state index in [1.165, 1.54) is 5.56 Å². The molecule has 1 aromatic carbocycles. The third kappa shape index (κ3) is 3.98. The van der Waals surface area contributed by atoms with Gasteiger partial charge in [-0.1, -0.05) is 29.3 Å². The fourth-order valence-electron chi connectivity index (χ4n) is 2.49. The Bertz CT molecular complexity index is 677. The summed E-state index contributed by atoms with van der Waals surface area (Å²) in [6, 6.07) is 7.68. The van der Waals surface area contributed by atoms with Gasteiger partial charge in [-0.25, -0.2) is 4.98 Å². The molecule has 0 atom stereocenters. The number of amides is 1. The van der Waals surface area contributed by atoms with Crippen molar-refractivity contribution in [2.45, 2.75) is 20.8 Å². The molecule has 1 amide bonds.